The minimum Gasteiger partial charge on any atom is -0.478 e. The Morgan fingerprint density at radius 2 is 2.14 bits per heavy atom. The molecule has 21 heavy (non-hydrogen) atoms. The molecule has 1 heterocycles. The number of carbonyl (C=O) groups excluding carboxylic acids is 1. The number of aromatic nitrogens is 2. The molecule has 6 nitrogen and oxygen atoms in total. The fourth-order valence-electron chi connectivity index (χ4n) is 2.28. The Bertz CT molecular complexity index is 676. The van der Waals surface area contributed by atoms with Crippen LogP contribution in [0, 0.1) is 6.92 Å². The maximum Gasteiger partial charge on any atom is 0.337 e. The predicted molar refractivity (Wildman–Crippen MR) is 79.3 cm³/mol. The molecule has 1 aromatic carbocycles. The number of nitrogens with one attached hydrogen (secondary N) is 1. The van der Waals surface area contributed by atoms with Gasteiger partial charge in [-0.05, 0) is 25.5 Å². The lowest BCUT2D eigenvalue weighted by Crippen LogP contribution is -2.25. The first-order valence-corrected chi connectivity index (χ1v) is 7.00. The van der Waals surface area contributed by atoms with Gasteiger partial charge in [0.15, 0.2) is 0 Å². The zero-order chi connectivity index (χ0) is 15.4. The lowest BCUT2D eigenvalue weighted by Gasteiger charge is -2.07. The van der Waals surface area contributed by atoms with Gasteiger partial charge in [-0.3, -0.25) is 4.79 Å². The number of benzene rings is 1. The molecule has 0 aliphatic carbocycles. The highest BCUT2D eigenvalue weighted by atomic mass is 16.4. The molecule has 0 aliphatic rings. The van der Waals surface area contributed by atoms with Crippen molar-refractivity contribution in [1.82, 2.24) is 14.9 Å². The van der Waals surface area contributed by atoms with E-state index >= 15 is 0 Å². The second-order valence-corrected chi connectivity index (χ2v) is 4.89. The monoisotopic (exact) mass is 289 g/mol. The summed E-state index contributed by atoms with van der Waals surface area (Å²) in [7, 11) is 0. The van der Waals surface area contributed by atoms with E-state index < -0.39 is 5.97 Å². The second kappa shape index (κ2) is 6.39. The Balaban J connectivity index is 2.24. The van der Waals surface area contributed by atoms with Crippen molar-refractivity contribution >= 4 is 22.9 Å². The van der Waals surface area contributed by atoms with Gasteiger partial charge in [-0.25, -0.2) is 9.78 Å². The quantitative estimate of drug-likeness (QED) is 0.851. The molecular weight excluding hydrogens is 270 g/mol. The third kappa shape index (κ3) is 3.21. The topological polar surface area (TPSA) is 84.2 Å². The highest BCUT2D eigenvalue weighted by Crippen LogP contribution is 2.20. The van der Waals surface area contributed by atoms with Gasteiger partial charge in [0.1, 0.15) is 11.3 Å². The van der Waals surface area contributed by atoms with E-state index in [2.05, 4.69) is 10.3 Å². The fraction of sp³-hybridized carbons (Fsp3) is 0.400. The number of rotatable bonds is 6. The van der Waals surface area contributed by atoms with Crippen molar-refractivity contribution in [2.75, 3.05) is 6.54 Å². The van der Waals surface area contributed by atoms with E-state index in [1.165, 1.54) is 6.07 Å². The maximum absolute atomic E-state index is 11.7. The van der Waals surface area contributed by atoms with Crippen molar-refractivity contribution in [3.8, 4) is 0 Å². The molecule has 0 saturated heterocycles. The SMILES string of the molecule is CCCNC(=O)CCn1c(C)nc2c(C(=O)O)cccc21. The number of para-hydroxylation sites is 1. The summed E-state index contributed by atoms with van der Waals surface area (Å²) in [5.41, 5.74) is 1.40. The molecule has 2 rings (SSSR count). The molecule has 112 valence electrons. The molecule has 2 N–H and O–H groups in total. The average molecular weight is 289 g/mol. The van der Waals surface area contributed by atoms with Gasteiger partial charge < -0.3 is 15.0 Å². The van der Waals surface area contributed by atoms with Gasteiger partial charge in [0.05, 0.1) is 11.1 Å². The third-order valence-electron chi connectivity index (χ3n) is 3.33. The van der Waals surface area contributed by atoms with Crippen LogP contribution in [0.4, 0.5) is 0 Å². The third-order valence-corrected chi connectivity index (χ3v) is 3.33. The molecule has 0 spiro atoms. The Kier molecular flexibility index (Phi) is 4.57. The van der Waals surface area contributed by atoms with E-state index in [0.717, 1.165) is 11.9 Å². The second-order valence-electron chi connectivity index (χ2n) is 4.89. The zero-order valence-electron chi connectivity index (χ0n) is 12.2. The molecule has 0 aliphatic heterocycles. The van der Waals surface area contributed by atoms with E-state index in [1.807, 2.05) is 24.5 Å². The molecular formula is C15H19N3O3. The number of carboxylic acid groups (broad SMARTS) is 1. The Morgan fingerprint density at radius 3 is 2.81 bits per heavy atom. The van der Waals surface area contributed by atoms with Crippen LogP contribution in [-0.4, -0.2) is 33.1 Å². The van der Waals surface area contributed by atoms with Crippen molar-refractivity contribution in [2.24, 2.45) is 0 Å². The molecule has 0 fully saturated rings. The van der Waals surface area contributed by atoms with E-state index in [4.69, 9.17) is 0 Å². The molecule has 2 aromatic rings. The van der Waals surface area contributed by atoms with Gasteiger partial charge in [0, 0.05) is 19.5 Å². The summed E-state index contributed by atoms with van der Waals surface area (Å²) in [4.78, 5) is 27.2. The van der Waals surface area contributed by atoms with Gasteiger partial charge in [0.2, 0.25) is 5.91 Å². The summed E-state index contributed by atoms with van der Waals surface area (Å²) in [6, 6.07) is 5.06. The van der Waals surface area contributed by atoms with Gasteiger partial charge in [-0.15, -0.1) is 0 Å². The standard InChI is InChI=1S/C15H19N3O3/c1-3-8-16-13(19)7-9-18-10(2)17-14-11(15(20)21)5-4-6-12(14)18/h4-6H,3,7-9H2,1-2H3,(H,16,19)(H,20,21). The number of carboxylic acids is 1. The van der Waals surface area contributed by atoms with Crippen molar-refractivity contribution in [2.45, 2.75) is 33.2 Å². The molecule has 1 amide bonds. The highest BCUT2D eigenvalue weighted by molar-refractivity contribution is 6.01. The fourth-order valence-corrected chi connectivity index (χ4v) is 2.28. The minimum atomic E-state index is -0.995. The molecule has 0 atom stereocenters. The molecule has 1 aromatic heterocycles. The van der Waals surface area contributed by atoms with Crippen LogP contribution in [-0.2, 0) is 11.3 Å². The predicted octanol–water partition coefficient (Wildman–Crippen LogP) is 1.96. The molecule has 6 heteroatoms. The largest absolute Gasteiger partial charge is 0.478 e. The molecule has 0 saturated carbocycles. The number of aryl methyl sites for hydroxylation is 2. The van der Waals surface area contributed by atoms with Crippen LogP contribution in [0.3, 0.4) is 0 Å². The number of carbonyl (C=O) groups is 2. The van der Waals surface area contributed by atoms with Crippen LogP contribution in [0.5, 0.6) is 0 Å². The summed E-state index contributed by atoms with van der Waals surface area (Å²) < 4.78 is 1.88. The van der Waals surface area contributed by atoms with Gasteiger partial charge >= 0.3 is 5.97 Å². The lowest BCUT2D eigenvalue weighted by molar-refractivity contribution is -0.121. The molecule has 0 bridgehead atoms. The van der Waals surface area contributed by atoms with Crippen molar-refractivity contribution in [3.63, 3.8) is 0 Å². The van der Waals surface area contributed by atoms with Crippen LogP contribution >= 0.6 is 0 Å². The zero-order valence-corrected chi connectivity index (χ0v) is 12.2. The van der Waals surface area contributed by atoms with Gasteiger partial charge in [0.25, 0.3) is 0 Å². The van der Waals surface area contributed by atoms with Crippen LogP contribution in [0.1, 0.15) is 35.9 Å². The van der Waals surface area contributed by atoms with E-state index in [0.29, 0.717) is 30.9 Å². The van der Waals surface area contributed by atoms with E-state index in [1.54, 1.807) is 6.07 Å². The number of hydrogen-bond donors (Lipinski definition) is 2. The van der Waals surface area contributed by atoms with Crippen molar-refractivity contribution in [1.29, 1.82) is 0 Å². The van der Waals surface area contributed by atoms with Crippen LogP contribution < -0.4 is 5.32 Å². The Hall–Kier alpha value is -2.37. The molecule has 0 unspecified atom stereocenters. The highest BCUT2D eigenvalue weighted by Gasteiger charge is 2.15. The van der Waals surface area contributed by atoms with Crippen LogP contribution in [0.2, 0.25) is 0 Å². The van der Waals surface area contributed by atoms with E-state index in [-0.39, 0.29) is 11.5 Å². The van der Waals surface area contributed by atoms with Crippen LogP contribution in [0.15, 0.2) is 18.2 Å². The summed E-state index contributed by atoms with van der Waals surface area (Å²) in [5, 5.41) is 12.0. The van der Waals surface area contributed by atoms with Crippen molar-refractivity contribution in [3.05, 3.63) is 29.6 Å². The number of imidazole rings is 1. The Labute approximate surface area is 122 Å². The maximum atomic E-state index is 11.7. The van der Waals surface area contributed by atoms with E-state index in [9.17, 15) is 14.7 Å². The summed E-state index contributed by atoms with van der Waals surface area (Å²) >= 11 is 0. The summed E-state index contributed by atoms with van der Waals surface area (Å²) in [5.74, 6) is -0.291. The number of hydrogen-bond acceptors (Lipinski definition) is 3. The first kappa shape index (κ1) is 15.0. The number of amides is 1. The first-order chi connectivity index (χ1) is 10.0. The van der Waals surface area contributed by atoms with Crippen LogP contribution in [0.25, 0.3) is 11.0 Å². The summed E-state index contributed by atoms with van der Waals surface area (Å²) in [6.07, 6.45) is 1.25. The van der Waals surface area contributed by atoms with Gasteiger partial charge in [-0.1, -0.05) is 13.0 Å². The number of fused-ring (bicyclic) bond motifs is 1. The number of aromatic carboxylic acids is 1. The molecule has 0 radical (unpaired) electrons. The van der Waals surface area contributed by atoms with Gasteiger partial charge in [-0.2, -0.15) is 0 Å². The minimum absolute atomic E-state index is 0.00695. The normalized spacial score (nSPS) is 10.8. The lowest BCUT2D eigenvalue weighted by atomic mass is 10.2. The average Bonchev–Trinajstić information content (AvgIpc) is 2.77. The Morgan fingerprint density at radius 1 is 1.38 bits per heavy atom. The smallest absolute Gasteiger partial charge is 0.337 e. The number of nitrogens with zero attached hydrogens (tertiary/aromatic N) is 2. The first-order valence-electron chi connectivity index (χ1n) is 7.00. The van der Waals surface area contributed by atoms with Crippen molar-refractivity contribution < 1.29 is 14.7 Å². The summed E-state index contributed by atoms with van der Waals surface area (Å²) in [6.45, 7) is 4.98.